The Morgan fingerprint density at radius 2 is 1.84 bits per heavy atom. The molecule has 0 spiro atoms. The number of nitrogens with one attached hydrogen (secondary N) is 1. The zero-order chi connectivity index (χ0) is 26.0. The molecule has 1 aromatic rings. The molecular formula is C28H36F4N4O. The fraction of sp³-hybridized carbons (Fsp3) is 0.679. The Hall–Kier alpha value is -2.29. The van der Waals surface area contributed by atoms with Gasteiger partial charge >= 0.3 is 6.18 Å². The second kappa shape index (κ2) is 10.8. The van der Waals surface area contributed by atoms with Crippen molar-refractivity contribution < 1.29 is 22.4 Å². The zero-order valence-electron chi connectivity index (χ0n) is 21.2. The van der Waals surface area contributed by atoms with Crippen LogP contribution in [-0.4, -0.2) is 41.9 Å². The van der Waals surface area contributed by atoms with Gasteiger partial charge in [0, 0.05) is 30.4 Å². The van der Waals surface area contributed by atoms with Gasteiger partial charge in [-0.2, -0.15) is 23.4 Å². The summed E-state index contributed by atoms with van der Waals surface area (Å²) in [5.74, 6) is -0.167. The highest BCUT2D eigenvalue weighted by Crippen LogP contribution is 2.53. The van der Waals surface area contributed by atoms with E-state index in [-0.39, 0.29) is 18.0 Å². The van der Waals surface area contributed by atoms with Crippen LogP contribution in [0.15, 0.2) is 28.4 Å². The molecule has 1 N–H and O–H groups in total. The number of carbonyl (C=O) groups is 1. The van der Waals surface area contributed by atoms with E-state index in [2.05, 4.69) is 20.4 Å². The van der Waals surface area contributed by atoms with Crippen molar-refractivity contribution in [2.75, 3.05) is 13.1 Å². The largest absolute Gasteiger partial charge is 0.416 e. The van der Waals surface area contributed by atoms with E-state index >= 15 is 0 Å². The summed E-state index contributed by atoms with van der Waals surface area (Å²) in [6.07, 6.45) is 8.09. The normalized spacial score (nSPS) is 28.0. The van der Waals surface area contributed by atoms with Crippen LogP contribution in [0.4, 0.5) is 17.6 Å². The van der Waals surface area contributed by atoms with Gasteiger partial charge in [-0.05, 0) is 107 Å². The van der Waals surface area contributed by atoms with Gasteiger partial charge in [-0.3, -0.25) is 4.79 Å². The van der Waals surface area contributed by atoms with Crippen LogP contribution < -0.4 is 5.32 Å². The van der Waals surface area contributed by atoms with Gasteiger partial charge in [-0.25, -0.2) is 4.39 Å². The van der Waals surface area contributed by atoms with Crippen molar-refractivity contribution in [3.63, 3.8) is 0 Å². The highest BCUT2D eigenvalue weighted by atomic mass is 19.4. The number of amides is 1. The van der Waals surface area contributed by atoms with Gasteiger partial charge in [0.25, 0.3) is 0 Å². The maximum atomic E-state index is 13.8. The first-order valence-corrected chi connectivity index (χ1v) is 13.7. The van der Waals surface area contributed by atoms with Crippen molar-refractivity contribution in [2.24, 2.45) is 27.5 Å². The summed E-state index contributed by atoms with van der Waals surface area (Å²) in [4.78, 5) is 16.1. The van der Waals surface area contributed by atoms with Crippen LogP contribution in [0.3, 0.4) is 0 Å². The summed E-state index contributed by atoms with van der Waals surface area (Å²) in [7, 11) is 0. The molecule has 202 valence electrons. The molecule has 0 radical (unpaired) electrons. The topological polar surface area (TPSA) is 57.1 Å². The molecule has 5 rings (SSSR count). The van der Waals surface area contributed by atoms with Gasteiger partial charge in [-0.15, -0.1) is 0 Å². The van der Waals surface area contributed by atoms with Gasteiger partial charge in [0.1, 0.15) is 5.82 Å². The van der Waals surface area contributed by atoms with Crippen LogP contribution in [-0.2, 0) is 17.5 Å². The molecular weight excluding hydrogens is 484 g/mol. The Kier molecular flexibility index (Phi) is 7.70. The lowest BCUT2D eigenvalue weighted by atomic mass is 9.74. The number of benzene rings is 1. The van der Waals surface area contributed by atoms with E-state index in [0.29, 0.717) is 23.9 Å². The minimum absolute atomic E-state index is 0.0805. The number of piperidine rings is 1. The summed E-state index contributed by atoms with van der Waals surface area (Å²) in [5.41, 5.74) is -0.123. The third kappa shape index (κ3) is 6.07. The average Bonchev–Trinajstić information content (AvgIpc) is 3.75. The Labute approximate surface area is 215 Å². The number of hydrogen-bond acceptors (Lipinski definition) is 4. The minimum Gasteiger partial charge on any atom is -0.352 e. The molecule has 4 aliphatic rings. The van der Waals surface area contributed by atoms with E-state index in [4.69, 9.17) is 0 Å². The third-order valence-corrected chi connectivity index (χ3v) is 8.95. The summed E-state index contributed by atoms with van der Waals surface area (Å²) in [6.45, 7) is 1.99. The molecule has 2 heterocycles. The summed E-state index contributed by atoms with van der Waals surface area (Å²) >= 11 is 0. The smallest absolute Gasteiger partial charge is 0.352 e. The van der Waals surface area contributed by atoms with Crippen LogP contribution in [0.1, 0.15) is 81.8 Å². The number of carbonyl (C=O) groups excluding carboxylic acids is 1. The van der Waals surface area contributed by atoms with Gasteiger partial charge in [-0.1, -0.05) is 6.42 Å². The van der Waals surface area contributed by atoms with Crippen molar-refractivity contribution in [1.29, 1.82) is 0 Å². The number of hydrogen-bond donors (Lipinski definition) is 1. The van der Waals surface area contributed by atoms with Gasteiger partial charge in [0.15, 0.2) is 0 Å². The van der Waals surface area contributed by atoms with E-state index in [1.165, 1.54) is 5.71 Å². The SMILES string of the molecule is O=C(NCc1cc(F)cc(C(F)(F)F)c1)[C@]1(C2CC2)CCCC(N2CCC(C3=NN=CCC3)CC2)CC1. The fourth-order valence-corrected chi connectivity index (χ4v) is 6.76. The van der Waals surface area contributed by atoms with Crippen molar-refractivity contribution in [2.45, 2.75) is 89.4 Å². The summed E-state index contributed by atoms with van der Waals surface area (Å²) < 4.78 is 53.1. The molecule has 2 atom stereocenters. The second-order valence-electron chi connectivity index (χ2n) is 11.3. The molecule has 1 amide bonds. The molecule has 2 aliphatic heterocycles. The zero-order valence-corrected chi connectivity index (χ0v) is 21.2. The highest BCUT2D eigenvalue weighted by molar-refractivity contribution is 5.90. The number of halogens is 4. The molecule has 0 aromatic heterocycles. The number of rotatable bonds is 6. The van der Waals surface area contributed by atoms with Gasteiger partial charge < -0.3 is 10.2 Å². The first-order valence-electron chi connectivity index (χ1n) is 13.7. The molecule has 0 bridgehead atoms. The summed E-state index contributed by atoms with van der Waals surface area (Å²) in [6, 6.07) is 2.93. The molecule has 37 heavy (non-hydrogen) atoms. The van der Waals surface area contributed by atoms with Crippen LogP contribution >= 0.6 is 0 Å². The van der Waals surface area contributed by atoms with E-state index in [9.17, 15) is 22.4 Å². The third-order valence-electron chi connectivity index (χ3n) is 8.95. The lowest BCUT2D eigenvalue weighted by Crippen LogP contribution is -2.44. The predicted octanol–water partition coefficient (Wildman–Crippen LogP) is 6.12. The molecule has 1 aromatic carbocycles. The van der Waals surface area contributed by atoms with Crippen LogP contribution in [0.2, 0.25) is 0 Å². The molecule has 3 fully saturated rings. The molecule has 1 saturated heterocycles. The highest BCUT2D eigenvalue weighted by Gasteiger charge is 2.51. The monoisotopic (exact) mass is 520 g/mol. The molecule has 9 heteroatoms. The van der Waals surface area contributed by atoms with E-state index in [1.54, 1.807) is 0 Å². The van der Waals surface area contributed by atoms with Crippen molar-refractivity contribution >= 4 is 17.8 Å². The number of nitrogens with zero attached hydrogens (tertiary/aromatic N) is 3. The Balaban J connectivity index is 1.19. The Morgan fingerprint density at radius 1 is 1.05 bits per heavy atom. The first-order chi connectivity index (χ1) is 17.7. The fourth-order valence-electron chi connectivity index (χ4n) is 6.76. The van der Waals surface area contributed by atoms with Crippen molar-refractivity contribution in [3.8, 4) is 0 Å². The van der Waals surface area contributed by atoms with E-state index in [1.807, 2.05) is 6.21 Å². The van der Waals surface area contributed by atoms with Crippen LogP contribution in [0.5, 0.6) is 0 Å². The maximum Gasteiger partial charge on any atom is 0.416 e. The van der Waals surface area contributed by atoms with Gasteiger partial charge in [0.05, 0.1) is 11.0 Å². The summed E-state index contributed by atoms with van der Waals surface area (Å²) in [5, 5.41) is 11.4. The lowest BCUT2D eigenvalue weighted by molar-refractivity contribution is -0.137. The maximum absolute atomic E-state index is 13.8. The lowest BCUT2D eigenvalue weighted by Gasteiger charge is -2.38. The Bertz CT molecular complexity index is 1040. The molecule has 2 aliphatic carbocycles. The molecule has 5 nitrogen and oxygen atoms in total. The van der Waals surface area contributed by atoms with Crippen LogP contribution in [0, 0.1) is 23.1 Å². The van der Waals surface area contributed by atoms with Gasteiger partial charge in [0.2, 0.25) is 5.91 Å². The number of alkyl halides is 3. The van der Waals surface area contributed by atoms with Crippen LogP contribution in [0.25, 0.3) is 0 Å². The average molecular weight is 521 g/mol. The Morgan fingerprint density at radius 3 is 2.51 bits per heavy atom. The minimum atomic E-state index is -4.63. The first kappa shape index (κ1) is 26.3. The molecule has 1 unspecified atom stereocenters. The van der Waals surface area contributed by atoms with E-state index in [0.717, 1.165) is 95.9 Å². The standard InChI is InChI=1S/C28H36F4N4O/c29-23-16-19(15-22(17-23)28(30,31)32)18-33-26(37)27(21-5-6-21)10-1-3-24(7-11-27)36-13-8-20(9-14-36)25-4-2-12-34-35-25/h12,15-17,20-21,24H,1-11,13-14,18H2,(H,33,37)/t24?,27-/m1/s1. The van der Waals surface area contributed by atoms with Crippen molar-refractivity contribution in [3.05, 3.63) is 35.1 Å². The predicted molar refractivity (Wildman–Crippen MR) is 135 cm³/mol. The second-order valence-corrected chi connectivity index (χ2v) is 11.3. The van der Waals surface area contributed by atoms with Crippen molar-refractivity contribution in [1.82, 2.24) is 10.2 Å². The van der Waals surface area contributed by atoms with E-state index < -0.39 is 23.0 Å². The molecule has 2 saturated carbocycles. The quantitative estimate of drug-likeness (QED) is 0.363. The number of likely N-dealkylation sites (tertiary alicyclic amines) is 1.